The van der Waals surface area contributed by atoms with Gasteiger partial charge < -0.3 is 0 Å². The summed E-state index contributed by atoms with van der Waals surface area (Å²) in [6.07, 6.45) is 1.85. The van der Waals surface area contributed by atoms with Crippen molar-refractivity contribution in [2.45, 2.75) is 24.0 Å². The van der Waals surface area contributed by atoms with Crippen molar-refractivity contribution in [2.24, 2.45) is 0 Å². The Bertz CT molecular complexity index is 738. The predicted molar refractivity (Wildman–Crippen MR) is 84.4 cm³/mol. The summed E-state index contributed by atoms with van der Waals surface area (Å²) in [7, 11) is -3.37. The molecule has 1 aliphatic carbocycles. The highest BCUT2D eigenvalue weighted by Crippen LogP contribution is 2.47. The van der Waals surface area contributed by atoms with Crippen LogP contribution >= 0.6 is 0 Å². The number of nitrogens with one attached hydrogen (secondary N) is 1. The molecule has 0 aliphatic heterocycles. The van der Waals surface area contributed by atoms with Crippen molar-refractivity contribution in [3.63, 3.8) is 0 Å². The molecule has 0 heterocycles. The van der Waals surface area contributed by atoms with Crippen LogP contribution in [0.4, 0.5) is 4.39 Å². The molecule has 1 N–H and O–H groups in total. The average Bonchev–Trinajstić information content (AvgIpc) is 3.28. The minimum absolute atomic E-state index is 0.0205. The largest absolute Gasteiger partial charge is 0.215 e. The lowest BCUT2D eigenvalue weighted by molar-refractivity contribution is 0.565. The van der Waals surface area contributed by atoms with Crippen LogP contribution in [0, 0.1) is 5.82 Å². The van der Waals surface area contributed by atoms with Gasteiger partial charge in [0, 0.05) is 12.0 Å². The number of hydrogen-bond donors (Lipinski definition) is 1. The molecule has 3 nitrogen and oxygen atoms in total. The molecular formula is C17H18FNO2S. The minimum atomic E-state index is -3.37. The maximum absolute atomic E-state index is 13.0. The van der Waals surface area contributed by atoms with Gasteiger partial charge in [-0.1, -0.05) is 42.5 Å². The van der Waals surface area contributed by atoms with Crippen LogP contribution in [0.15, 0.2) is 54.6 Å². The maximum Gasteiger partial charge on any atom is 0.215 e. The molecule has 2 aromatic rings. The first-order valence-corrected chi connectivity index (χ1v) is 8.92. The van der Waals surface area contributed by atoms with Gasteiger partial charge >= 0.3 is 0 Å². The molecule has 0 spiro atoms. The van der Waals surface area contributed by atoms with Crippen LogP contribution < -0.4 is 4.72 Å². The SMILES string of the molecule is O=S(=O)(Cc1ccccc1)NCC1(c2ccc(F)cc2)CC1. The number of hydrogen-bond acceptors (Lipinski definition) is 2. The first kappa shape index (κ1) is 15.2. The zero-order valence-electron chi connectivity index (χ0n) is 12.1. The number of sulfonamides is 1. The van der Waals surface area contributed by atoms with E-state index in [0.717, 1.165) is 24.0 Å². The lowest BCUT2D eigenvalue weighted by Crippen LogP contribution is -2.33. The summed E-state index contributed by atoms with van der Waals surface area (Å²) >= 11 is 0. The third kappa shape index (κ3) is 3.54. The van der Waals surface area contributed by atoms with Crippen molar-refractivity contribution in [1.29, 1.82) is 0 Å². The fraction of sp³-hybridized carbons (Fsp3) is 0.294. The van der Waals surface area contributed by atoms with Crippen LogP contribution in [0.5, 0.6) is 0 Å². The quantitative estimate of drug-likeness (QED) is 0.890. The molecule has 5 heteroatoms. The van der Waals surface area contributed by atoms with E-state index in [4.69, 9.17) is 0 Å². The Balaban J connectivity index is 1.65. The molecule has 0 amide bonds. The Hall–Kier alpha value is -1.72. The number of benzene rings is 2. The van der Waals surface area contributed by atoms with E-state index in [0.29, 0.717) is 6.54 Å². The number of halogens is 1. The zero-order valence-corrected chi connectivity index (χ0v) is 12.9. The van der Waals surface area contributed by atoms with Crippen LogP contribution in [0.3, 0.4) is 0 Å². The summed E-state index contributed by atoms with van der Waals surface area (Å²) in [4.78, 5) is 0. The molecule has 0 aromatic heterocycles. The first-order chi connectivity index (χ1) is 10.5. The predicted octanol–water partition coefficient (Wildman–Crippen LogP) is 2.98. The van der Waals surface area contributed by atoms with Gasteiger partial charge in [0.2, 0.25) is 10.0 Å². The molecule has 1 fully saturated rings. The van der Waals surface area contributed by atoms with Gasteiger partial charge in [-0.15, -0.1) is 0 Å². The van der Waals surface area contributed by atoms with Gasteiger partial charge in [-0.05, 0) is 36.1 Å². The van der Waals surface area contributed by atoms with Gasteiger partial charge in [-0.3, -0.25) is 0 Å². The molecule has 1 aliphatic rings. The summed E-state index contributed by atoms with van der Waals surface area (Å²) in [6.45, 7) is 0.369. The standard InChI is InChI=1S/C17H18FNO2S/c18-16-8-6-15(7-9-16)17(10-11-17)13-19-22(20,21)12-14-4-2-1-3-5-14/h1-9,19H,10-13H2. The van der Waals surface area contributed by atoms with E-state index in [1.165, 1.54) is 12.1 Å². The third-order valence-corrected chi connectivity index (χ3v) is 5.44. The lowest BCUT2D eigenvalue weighted by atomic mass is 9.96. The van der Waals surface area contributed by atoms with Gasteiger partial charge in [0.1, 0.15) is 5.82 Å². The van der Waals surface area contributed by atoms with Crippen molar-refractivity contribution in [3.05, 3.63) is 71.5 Å². The van der Waals surface area contributed by atoms with Crippen LogP contribution in [-0.4, -0.2) is 15.0 Å². The van der Waals surface area contributed by atoms with Gasteiger partial charge in [-0.2, -0.15) is 0 Å². The normalized spacial score (nSPS) is 16.4. The second-order valence-corrected chi connectivity index (χ2v) is 7.66. The molecular weight excluding hydrogens is 301 g/mol. The maximum atomic E-state index is 13.0. The van der Waals surface area contributed by atoms with Gasteiger partial charge in [0.25, 0.3) is 0 Å². The van der Waals surface area contributed by atoms with E-state index in [-0.39, 0.29) is 17.0 Å². The van der Waals surface area contributed by atoms with Gasteiger partial charge in [0.05, 0.1) is 5.75 Å². The second kappa shape index (κ2) is 5.82. The Morgan fingerprint density at radius 2 is 1.64 bits per heavy atom. The van der Waals surface area contributed by atoms with E-state index >= 15 is 0 Å². The molecule has 0 atom stereocenters. The fourth-order valence-electron chi connectivity index (χ4n) is 2.61. The monoisotopic (exact) mass is 319 g/mol. The highest BCUT2D eigenvalue weighted by molar-refractivity contribution is 7.88. The topological polar surface area (TPSA) is 46.2 Å². The molecule has 0 bridgehead atoms. The second-order valence-electron chi connectivity index (χ2n) is 5.85. The van der Waals surface area contributed by atoms with Crippen molar-refractivity contribution in [2.75, 3.05) is 6.54 Å². The Morgan fingerprint density at radius 3 is 2.23 bits per heavy atom. The summed E-state index contributed by atoms with van der Waals surface area (Å²) < 4.78 is 40.1. The van der Waals surface area contributed by atoms with Crippen LogP contribution in [0.25, 0.3) is 0 Å². The fourth-order valence-corrected chi connectivity index (χ4v) is 3.84. The van der Waals surface area contributed by atoms with E-state index in [1.807, 2.05) is 18.2 Å². The number of rotatable bonds is 6. The van der Waals surface area contributed by atoms with Gasteiger partial charge in [-0.25, -0.2) is 17.5 Å². The van der Waals surface area contributed by atoms with Crippen LogP contribution in [-0.2, 0) is 21.2 Å². The van der Waals surface area contributed by atoms with Crippen molar-refractivity contribution in [3.8, 4) is 0 Å². The van der Waals surface area contributed by atoms with E-state index in [9.17, 15) is 12.8 Å². The molecule has 0 unspecified atom stereocenters. The lowest BCUT2D eigenvalue weighted by Gasteiger charge is -2.17. The van der Waals surface area contributed by atoms with Crippen LogP contribution in [0.1, 0.15) is 24.0 Å². The molecule has 1 saturated carbocycles. The first-order valence-electron chi connectivity index (χ1n) is 7.26. The highest BCUT2D eigenvalue weighted by Gasteiger charge is 2.44. The van der Waals surface area contributed by atoms with Crippen molar-refractivity contribution >= 4 is 10.0 Å². The summed E-state index contributed by atoms with van der Waals surface area (Å²) in [6, 6.07) is 15.4. The Labute approximate surface area is 130 Å². The molecule has 0 radical (unpaired) electrons. The third-order valence-electron chi connectivity index (χ3n) is 4.14. The molecule has 3 rings (SSSR count). The van der Waals surface area contributed by atoms with Crippen LogP contribution in [0.2, 0.25) is 0 Å². The average molecular weight is 319 g/mol. The van der Waals surface area contributed by atoms with E-state index < -0.39 is 10.0 Å². The van der Waals surface area contributed by atoms with E-state index in [1.54, 1.807) is 24.3 Å². The molecule has 22 heavy (non-hydrogen) atoms. The minimum Gasteiger partial charge on any atom is -0.214 e. The Morgan fingerprint density at radius 1 is 1.00 bits per heavy atom. The molecule has 2 aromatic carbocycles. The van der Waals surface area contributed by atoms with Crippen molar-refractivity contribution < 1.29 is 12.8 Å². The molecule has 0 saturated heterocycles. The Kier molecular flexibility index (Phi) is 4.02. The summed E-state index contributed by atoms with van der Waals surface area (Å²) in [5, 5.41) is 0. The van der Waals surface area contributed by atoms with E-state index in [2.05, 4.69) is 4.72 Å². The summed E-state index contributed by atoms with van der Waals surface area (Å²) in [5.74, 6) is -0.294. The highest BCUT2D eigenvalue weighted by atomic mass is 32.2. The smallest absolute Gasteiger partial charge is 0.214 e. The summed E-state index contributed by atoms with van der Waals surface area (Å²) in [5.41, 5.74) is 1.59. The molecule has 116 valence electrons. The van der Waals surface area contributed by atoms with Crippen molar-refractivity contribution in [1.82, 2.24) is 4.72 Å². The zero-order chi connectivity index (χ0) is 15.6. The van der Waals surface area contributed by atoms with Gasteiger partial charge in [0.15, 0.2) is 0 Å².